The summed E-state index contributed by atoms with van der Waals surface area (Å²) in [6.07, 6.45) is 2.06. The molecule has 2 rings (SSSR count). The third kappa shape index (κ3) is 4.98. The van der Waals surface area contributed by atoms with Crippen LogP contribution >= 0.6 is 0 Å². The fourth-order valence-electron chi connectivity index (χ4n) is 1.99. The Hall–Kier alpha value is -2.57. The number of nitrogens with one attached hydrogen (secondary N) is 2. The maximum Gasteiger partial charge on any atom is 0.321 e. The molecule has 124 valence electrons. The summed E-state index contributed by atoms with van der Waals surface area (Å²) in [5, 5.41) is 14.4. The van der Waals surface area contributed by atoms with Gasteiger partial charge in [0.25, 0.3) is 5.91 Å². The van der Waals surface area contributed by atoms with Gasteiger partial charge < -0.3 is 20.6 Å². The summed E-state index contributed by atoms with van der Waals surface area (Å²) in [7, 11) is 1.53. The molecule has 3 amide bonds. The van der Waals surface area contributed by atoms with Gasteiger partial charge in [-0.1, -0.05) is 6.92 Å². The van der Waals surface area contributed by atoms with Gasteiger partial charge in [-0.15, -0.1) is 0 Å². The summed E-state index contributed by atoms with van der Waals surface area (Å²) < 4.78 is 0. The van der Waals surface area contributed by atoms with Crippen molar-refractivity contribution in [3.05, 3.63) is 29.8 Å². The number of benzene rings is 1. The van der Waals surface area contributed by atoms with E-state index in [-0.39, 0.29) is 12.5 Å². The van der Waals surface area contributed by atoms with Crippen LogP contribution in [0, 0.1) is 5.92 Å². The van der Waals surface area contributed by atoms with Crippen molar-refractivity contribution >= 4 is 23.6 Å². The maximum atomic E-state index is 12.0. The van der Waals surface area contributed by atoms with Crippen molar-refractivity contribution in [1.82, 2.24) is 10.2 Å². The number of amides is 3. The molecule has 0 radical (unpaired) electrons. The number of carboxylic acid groups (broad SMARTS) is 1. The molecule has 1 unspecified atom stereocenters. The quantitative estimate of drug-likeness (QED) is 0.744. The van der Waals surface area contributed by atoms with Crippen LogP contribution in [-0.2, 0) is 4.79 Å². The zero-order valence-electron chi connectivity index (χ0n) is 13.2. The summed E-state index contributed by atoms with van der Waals surface area (Å²) in [5.41, 5.74) is 1.09. The van der Waals surface area contributed by atoms with Gasteiger partial charge in [0, 0.05) is 30.9 Å². The number of urea groups is 1. The summed E-state index contributed by atoms with van der Waals surface area (Å²) in [6, 6.07) is 6.49. The third-order valence-electron chi connectivity index (χ3n) is 3.63. The number of anilines is 1. The Bertz CT molecular complexity index is 596. The van der Waals surface area contributed by atoms with E-state index < -0.39 is 17.9 Å². The molecule has 0 aliphatic heterocycles. The van der Waals surface area contributed by atoms with Gasteiger partial charge >= 0.3 is 12.0 Å². The predicted octanol–water partition coefficient (Wildman–Crippen LogP) is 1.76. The normalized spacial score (nSPS) is 14.7. The van der Waals surface area contributed by atoms with Gasteiger partial charge in [0.15, 0.2) is 0 Å². The molecular weight excluding hydrogens is 298 g/mol. The average Bonchev–Trinajstić information content (AvgIpc) is 3.31. The SMILES string of the molecule is CC(CN(C)C(=O)Nc1ccc(C(=O)NC2CC2)cc1)C(=O)O. The lowest BCUT2D eigenvalue weighted by Gasteiger charge is -2.20. The van der Waals surface area contributed by atoms with Crippen molar-refractivity contribution < 1.29 is 19.5 Å². The Morgan fingerprint density at radius 3 is 2.39 bits per heavy atom. The molecule has 1 aliphatic rings. The van der Waals surface area contributed by atoms with Gasteiger partial charge in [-0.25, -0.2) is 4.79 Å². The Morgan fingerprint density at radius 1 is 1.26 bits per heavy atom. The van der Waals surface area contributed by atoms with E-state index in [9.17, 15) is 14.4 Å². The summed E-state index contributed by atoms with van der Waals surface area (Å²) >= 11 is 0. The number of hydrogen-bond donors (Lipinski definition) is 3. The molecule has 3 N–H and O–H groups in total. The number of aliphatic carboxylic acids is 1. The molecule has 1 aromatic carbocycles. The number of rotatable bonds is 6. The highest BCUT2D eigenvalue weighted by Gasteiger charge is 2.23. The van der Waals surface area contributed by atoms with Crippen LogP contribution in [0.15, 0.2) is 24.3 Å². The Kier molecular flexibility index (Phi) is 5.20. The van der Waals surface area contributed by atoms with Gasteiger partial charge in [0.1, 0.15) is 0 Å². The van der Waals surface area contributed by atoms with Crippen LogP contribution in [0.25, 0.3) is 0 Å². The molecule has 0 bridgehead atoms. The molecule has 1 aromatic rings. The van der Waals surface area contributed by atoms with Crippen LogP contribution in [0.3, 0.4) is 0 Å². The first kappa shape index (κ1) is 16.8. The van der Waals surface area contributed by atoms with Crippen LogP contribution in [-0.4, -0.2) is 47.5 Å². The highest BCUT2D eigenvalue weighted by molar-refractivity contribution is 5.95. The zero-order chi connectivity index (χ0) is 17.0. The van der Waals surface area contributed by atoms with E-state index >= 15 is 0 Å². The molecular formula is C16H21N3O4. The third-order valence-corrected chi connectivity index (χ3v) is 3.63. The molecule has 0 saturated heterocycles. The van der Waals surface area contributed by atoms with Crippen molar-refractivity contribution in [1.29, 1.82) is 0 Å². The predicted molar refractivity (Wildman–Crippen MR) is 85.4 cm³/mol. The van der Waals surface area contributed by atoms with Crippen LogP contribution in [0.4, 0.5) is 10.5 Å². The maximum absolute atomic E-state index is 12.0. The Balaban J connectivity index is 1.88. The lowest BCUT2D eigenvalue weighted by atomic mass is 10.2. The van der Waals surface area contributed by atoms with Gasteiger partial charge in [0.05, 0.1) is 5.92 Å². The van der Waals surface area contributed by atoms with Crippen molar-refractivity contribution in [3.63, 3.8) is 0 Å². The van der Waals surface area contributed by atoms with E-state index in [0.717, 1.165) is 12.8 Å². The fourth-order valence-corrected chi connectivity index (χ4v) is 1.99. The minimum Gasteiger partial charge on any atom is -0.481 e. The second kappa shape index (κ2) is 7.13. The van der Waals surface area contributed by atoms with Gasteiger partial charge in [-0.3, -0.25) is 9.59 Å². The van der Waals surface area contributed by atoms with E-state index in [1.807, 2.05) is 0 Å². The van der Waals surface area contributed by atoms with E-state index in [1.165, 1.54) is 11.9 Å². The molecule has 0 heterocycles. The molecule has 0 aromatic heterocycles. The number of carboxylic acids is 1. The smallest absolute Gasteiger partial charge is 0.321 e. The Labute approximate surface area is 134 Å². The van der Waals surface area contributed by atoms with E-state index in [1.54, 1.807) is 31.2 Å². The first-order valence-electron chi connectivity index (χ1n) is 7.52. The van der Waals surface area contributed by atoms with E-state index in [2.05, 4.69) is 10.6 Å². The molecule has 1 atom stereocenters. The van der Waals surface area contributed by atoms with Crippen LogP contribution < -0.4 is 10.6 Å². The van der Waals surface area contributed by atoms with Crippen LogP contribution in [0.5, 0.6) is 0 Å². The topological polar surface area (TPSA) is 98.7 Å². The lowest BCUT2D eigenvalue weighted by Crippen LogP contribution is -2.36. The van der Waals surface area contributed by atoms with E-state index in [4.69, 9.17) is 5.11 Å². The van der Waals surface area contributed by atoms with Crippen molar-refractivity contribution in [2.75, 3.05) is 18.9 Å². The first-order chi connectivity index (χ1) is 10.9. The van der Waals surface area contributed by atoms with Crippen molar-refractivity contribution in [2.45, 2.75) is 25.8 Å². The van der Waals surface area contributed by atoms with Gasteiger partial charge in [-0.05, 0) is 37.1 Å². The molecule has 1 fully saturated rings. The number of carbonyl (C=O) groups excluding carboxylic acids is 2. The highest BCUT2D eigenvalue weighted by Crippen LogP contribution is 2.19. The second-order valence-electron chi connectivity index (χ2n) is 5.88. The number of hydrogen-bond acceptors (Lipinski definition) is 3. The largest absolute Gasteiger partial charge is 0.481 e. The summed E-state index contributed by atoms with van der Waals surface area (Å²) in [5.74, 6) is -1.70. The van der Waals surface area contributed by atoms with Crippen molar-refractivity contribution in [2.24, 2.45) is 5.92 Å². The van der Waals surface area contributed by atoms with E-state index in [0.29, 0.717) is 17.3 Å². The summed E-state index contributed by atoms with van der Waals surface area (Å²) in [4.78, 5) is 36.0. The molecule has 1 saturated carbocycles. The van der Waals surface area contributed by atoms with Crippen molar-refractivity contribution in [3.8, 4) is 0 Å². The number of nitrogens with zero attached hydrogens (tertiary/aromatic N) is 1. The fraction of sp³-hybridized carbons (Fsp3) is 0.438. The first-order valence-corrected chi connectivity index (χ1v) is 7.52. The average molecular weight is 319 g/mol. The standard InChI is InChI=1S/C16H21N3O4/c1-10(15(21)22)9-19(2)16(23)18-13-5-3-11(4-6-13)14(20)17-12-7-8-12/h3-6,10,12H,7-9H2,1-2H3,(H,17,20)(H,18,23)(H,21,22). The molecule has 7 heteroatoms. The van der Waals surface area contributed by atoms with Crippen LogP contribution in [0.1, 0.15) is 30.1 Å². The number of carbonyl (C=O) groups is 3. The second-order valence-corrected chi connectivity index (χ2v) is 5.88. The van der Waals surface area contributed by atoms with Gasteiger partial charge in [-0.2, -0.15) is 0 Å². The monoisotopic (exact) mass is 319 g/mol. The molecule has 23 heavy (non-hydrogen) atoms. The Morgan fingerprint density at radius 2 is 1.87 bits per heavy atom. The summed E-state index contributed by atoms with van der Waals surface area (Å²) in [6.45, 7) is 1.66. The molecule has 1 aliphatic carbocycles. The van der Waals surface area contributed by atoms with Gasteiger partial charge in [0.2, 0.25) is 0 Å². The minimum atomic E-state index is -0.948. The highest BCUT2D eigenvalue weighted by atomic mass is 16.4. The molecule has 7 nitrogen and oxygen atoms in total. The zero-order valence-corrected chi connectivity index (χ0v) is 13.2. The molecule has 0 spiro atoms. The van der Waals surface area contributed by atoms with Crippen LogP contribution in [0.2, 0.25) is 0 Å². The minimum absolute atomic E-state index is 0.113. The lowest BCUT2D eigenvalue weighted by molar-refractivity contribution is -0.141.